The first kappa shape index (κ1) is 7.81. The van der Waals surface area contributed by atoms with Crippen molar-refractivity contribution in [1.29, 1.82) is 0 Å². The molecule has 0 aliphatic carbocycles. The molecule has 0 aromatic rings. The van der Waals surface area contributed by atoms with E-state index in [0.717, 1.165) is 4.70 Å². The molecule has 0 radical (unpaired) electrons. The second kappa shape index (κ2) is 3.77. The van der Waals surface area contributed by atoms with Gasteiger partial charge in [-0.3, -0.25) is 5.32 Å². The summed E-state index contributed by atoms with van der Waals surface area (Å²) in [5, 5.41) is 2.62. The SMILES string of the molecule is C=CNC(=NC)[N+](C)=[N-]. The zero-order chi connectivity index (χ0) is 7.28. The number of aliphatic imine (C=N–C) groups is 1. The highest BCUT2D eigenvalue weighted by molar-refractivity contribution is 5.71. The molecule has 50 valence electrons. The number of nitrogens with one attached hydrogen (secondary N) is 1. The quantitative estimate of drug-likeness (QED) is 0.234. The van der Waals surface area contributed by atoms with Crippen LogP contribution in [-0.4, -0.2) is 24.8 Å². The van der Waals surface area contributed by atoms with Gasteiger partial charge in [-0.1, -0.05) is 6.58 Å². The maximum Gasteiger partial charge on any atom is 0.373 e. The van der Waals surface area contributed by atoms with Gasteiger partial charge in [-0.25, -0.2) is 0 Å². The molecule has 0 bridgehead atoms. The minimum Gasteiger partial charge on any atom is -0.648 e. The van der Waals surface area contributed by atoms with Crippen LogP contribution in [0.4, 0.5) is 0 Å². The average molecular weight is 126 g/mol. The molecule has 0 amide bonds. The Kier molecular flexibility index (Phi) is 3.27. The molecule has 0 saturated carbocycles. The zero-order valence-electron chi connectivity index (χ0n) is 5.63. The van der Waals surface area contributed by atoms with Crippen LogP contribution in [0.2, 0.25) is 0 Å². The van der Waals surface area contributed by atoms with E-state index in [1.54, 1.807) is 7.05 Å². The largest absolute Gasteiger partial charge is 0.648 e. The molecule has 0 unspecified atom stereocenters. The fourth-order valence-electron chi connectivity index (χ4n) is 0.394. The lowest BCUT2D eigenvalue weighted by Gasteiger charge is -2.02. The van der Waals surface area contributed by atoms with Gasteiger partial charge in [0.2, 0.25) is 0 Å². The van der Waals surface area contributed by atoms with Crippen LogP contribution < -0.4 is 5.32 Å². The summed E-state index contributed by atoms with van der Waals surface area (Å²) in [5.41, 5.74) is 8.74. The molecule has 0 fully saturated rings. The van der Waals surface area contributed by atoms with Crippen LogP contribution >= 0.6 is 0 Å². The summed E-state index contributed by atoms with van der Waals surface area (Å²) in [6.45, 7) is 3.40. The van der Waals surface area contributed by atoms with Gasteiger partial charge in [0.05, 0.1) is 13.2 Å². The van der Waals surface area contributed by atoms with Gasteiger partial charge in [0.1, 0.15) is 0 Å². The van der Waals surface area contributed by atoms with E-state index in [4.69, 9.17) is 5.53 Å². The Labute approximate surface area is 54.4 Å². The van der Waals surface area contributed by atoms with E-state index >= 15 is 0 Å². The highest BCUT2D eigenvalue weighted by atomic mass is 15.3. The highest BCUT2D eigenvalue weighted by Crippen LogP contribution is 1.71. The minimum absolute atomic E-state index is 0.366. The van der Waals surface area contributed by atoms with Crippen LogP contribution in [0.25, 0.3) is 5.53 Å². The molecule has 9 heavy (non-hydrogen) atoms. The maximum atomic E-state index is 8.74. The molecule has 4 heteroatoms. The summed E-state index contributed by atoms with van der Waals surface area (Å²) in [4.78, 5) is 3.69. The molecule has 0 aliphatic rings. The van der Waals surface area contributed by atoms with Crippen LogP contribution in [0.3, 0.4) is 0 Å². The Hall–Kier alpha value is -1.19. The summed E-state index contributed by atoms with van der Waals surface area (Å²) in [7, 11) is 3.04. The van der Waals surface area contributed by atoms with Crippen molar-refractivity contribution < 1.29 is 4.70 Å². The van der Waals surface area contributed by atoms with Crippen molar-refractivity contribution in [2.75, 3.05) is 14.1 Å². The summed E-state index contributed by atoms with van der Waals surface area (Å²) < 4.78 is 0.877. The Balaban J connectivity index is 4.00. The van der Waals surface area contributed by atoms with Crippen LogP contribution in [-0.2, 0) is 0 Å². The van der Waals surface area contributed by atoms with Gasteiger partial charge in [0.25, 0.3) is 0 Å². The predicted octanol–water partition coefficient (Wildman–Crippen LogP) is 0.369. The molecule has 1 N–H and O–H groups in total. The minimum atomic E-state index is 0.366. The third-order valence-electron chi connectivity index (χ3n) is 0.749. The van der Waals surface area contributed by atoms with Crippen molar-refractivity contribution >= 4 is 5.96 Å². The first-order valence-corrected chi connectivity index (χ1v) is 2.49. The summed E-state index contributed by atoms with van der Waals surface area (Å²) in [5.74, 6) is 0.366. The lowest BCUT2D eigenvalue weighted by molar-refractivity contribution is -0.399. The Morgan fingerprint density at radius 2 is 2.44 bits per heavy atom. The van der Waals surface area contributed by atoms with Gasteiger partial charge in [-0.2, -0.15) is 0 Å². The van der Waals surface area contributed by atoms with Crippen molar-refractivity contribution in [3.8, 4) is 0 Å². The highest BCUT2D eigenvalue weighted by Gasteiger charge is 1.96. The number of nitrogens with zero attached hydrogens (tertiary/aromatic N) is 3. The molecule has 0 aromatic carbocycles. The third-order valence-corrected chi connectivity index (χ3v) is 0.749. The van der Waals surface area contributed by atoms with Crippen molar-refractivity contribution in [1.82, 2.24) is 5.32 Å². The molecule has 0 rings (SSSR count). The third kappa shape index (κ3) is 2.58. The van der Waals surface area contributed by atoms with E-state index in [2.05, 4.69) is 16.9 Å². The van der Waals surface area contributed by atoms with Crippen LogP contribution in [0.15, 0.2) is 17.8 Å². The van der Waals surface area contributed by atoms with E-state index in [1.807, 2.05) is 0 Å². The Morgan fingerprint density at radius 1 is 1.89 bits per heavy atom. The van der Waals surface area contributed by atoms with Gasteiger partial charge < -0.3 is 10.2 Å². The smallest absolute Gasteiger partial charge is 0.373 e. The fraction of sp³-hybridized carbons (Fsp3) is 0.400. The van der Waals surface area contributed by atoms with E-state index in [9.17, 15) is 0 Å². The molecule has 4 nitrogen and oxygen atoms in total. The van der Waals surface area contributed by atoms with E-state index in [-0.39, 0.29) is 0 Å². The van der Waals surface area contributed by atoms with Gasteiger partial charge in [-0.15, -0.1) is 4.99 Å². The lowest BCUT2D eigenvalue weighted by atomic mass is 10.8. The number of hydrogen-bond donors (Lipinski definition) is 1. The van der Waals surface area contributed by atoms with Crippen LogP contribution in [0.1, 0.15) is 0 Å². The Morgan fingerprint density at radius 3 is 2.56 bits per heavy atom. The van der Waals surface area contributed by atoms with Crippen molar-refractivity contribution in [3.63, 3.8) is 0 Å². The molecule has 0 aliphatic heterocycles. The summed E-state index contributed by atoms with van der Waals surface area (Å²) in [6.07, 6.45) is 1.44. The Bertz CT molecular complexity index is 147. The van der Waals surface area contributed by atoms with Crippen LogP contribution in [0.5, 0.6) is 0 Å². The number of rotatable bonds is 1. The van der Waals surface area contributed by atoms with Crippen LogP contribution in [0, 0.1) is 0 Å². The molecule has 0 saturated heterocycles. The van der Waals surface area contributed by atoms with Crippen molar-refractivity contribution in [2.24, 2.45) is 4.99 Å². The maximum absolute atomic E-state index is 8.74. The van der Waals surface area contributed by atoms with Gasteiger partial charge >= 0.3 is 5.96 Å². The normalized spacial score (nSPS) is 10.7. The molecule has 0 aromatic heterocycles. The predicted molar refractivity (Wildman–Crippen MR) is 36.2 cm³/mol. The second-order valence-electron chi connectivity index (χ2n) is 1.42. The average Bonchev–Trinajstić information content (AvgIpc) is 1.82. The van der Waals surface area contributed by atoms with Crippen molar-refractivity contribution in [3.05, 3.63) is 18.3 Å². The molecule has 0 atom stereocenters. The van der Waals surface area contributed by atoms with E-state index in [0.29, 0.717) is 5.96 Å². The van der Waals surface area contributed by atoms with Crippen molar-refractivity contribution in [2.45, 2.75) is 0 Å². The monoisotopic (exact) mass is 126 g/mol. The fourth-order valence-corrected chi connectivity index (χ4v) is 0.394. The van der Waals surface area contributed by atoms with Gasteiger partial charge in [-0.05, 0) is 0 Å². The number of guanidine groups is 1. The lowest BCUT2D eigenvalue weighted by Crippen LogP contribution is -2.26. The molecule has 0 spiro atoms. The first-order chi connectivity index (χ1) is 4.22. The van der Waals surface area contributed by atoms with Gasteiger partial charge in [0.15, 0.2) is 0 Å². The van der Waals surface area contributed by atoms with E-state index < -0.39 is 0 Å². The number of hydrogen-bond acceptors (Lipinski definition) is 1. The standard InChI is InChI=1S/C5H10N4/c1-4-8-5(7-2)9(3)6/h4H,1H2,2-3H3,(H,7,8). The summed E-state index contributed by atoms with van der Waals surface area (Å²) in [6, 6.07) is 0. The second-order valence-corrected chi connectivity index (χ2v) is 1.42. The summed E-state index contributed by atoms with van der Waals surface area (Å²) >= 11 is 0. The first-order valence-electron chi connectivity index (χ1n) is 2.49. The van der Waals surface area contributed by atoms with E-state index in [1.165, 1.54) is 13.2 Å². The molecule has 0 heterocycles. The zero-order valence-corrected chi connectivity index (χ0v) is 5.63. The molecular formula is C5H10N4. The molecular weight excluding hydrogens is 116 g/mol. The van der Waals surface area contributed by atoms with Gasteiger partial charge in [0, 0.05) is 7.05 Å². The topological polar surface area (TPSA) is 49.7 Å².